The molecule has 0 aliphatic rings. The summed E-state index contributed by atoms with van der Waals surface area (Å²) in [6, 6.07) is 7.06. The third-order valence-electron chi connectivity index (χ3n) is 2.61. The molecule has 2 rings (SSSR count). The van der Waals surface area contributed by atoms with Gasteiger partial charge < -0.3 is 0 Å². The second-order valence-electron chi connectivity index (χ2n) is 4.09. The van der Waals surface area contributed by atoms with E-state index in [0.29, 0.717) is 5.69 Å². The van der Waals surface area contributed by atoms with E-state index in [1.165, 1.54) is 22.9 Å². The van der Waals surface area contributed by atoms with Crippen LogP contribution >= 0.6 is 0 Å². The van der Waals surface area contributed by atoms with Crippen LogP contribution in [0.5, 0.6) is 0 Å². The molecule has 0 aliphatic heterocycles. The number of halogens is 1. The number of benzene rings is 1. The minimum absolute atomic E-state index is 0.259. The van der Waals surface area contributed by atoms with Gasteiger partial charge >= 0.3 is 0 Å². The van der Waals surface area contributed by atoms with Crippen molar-refractivity contribution in [3.63, 3.8) is 0 Å². The number of rotatable bonds is 3. The van der Waals surface area contributed by atoms with E-state index >= 15 is 0 Å². The number of aryl methyl sites for hydroxylation is 2. The fraction of sp³-hybridized carbons (Fsp3) is 0.250. The van der Waals surface area contributed by atoms with Crippen LogP contribution in [0.15, 0.2) is 35.2 Å². The molecule has 0 fully saturated rings. The van der Waals surface area contributed by atoms with Crippen LogP contribution in [0, 0.1) is 12.7 Å². The van der Waals surface area contributed by atoms with E-state index in [4.69, 9.17) is 0 Å². The van der Waals surface area contributed by atoms with Gasteiger partial charge in [0.05, 0.1) is 17.1 Å². The van der Waals surface area contributed by atoms with Crippen LogP contribution in [0.1, 0.15) is 11.4 Å². The summed E-state index contributed by atoms with van der Waals surface area (Å²) in [6.07, 6.45) is 0. The first-order valence-corrected chi connectivity index (χ1v) is 7.02. The summed E-state index contributed by atoms with van der Waals surface area (Å²) in [6.45, 7) is 1.78. The average Bonchev–Trinajstić information content (AvgIpc) is 2.57. The van der Waals surface area contributed by atoms with E-state index in [0.717, 1.165) is 11.8 Å². The summed E-state index contributed by atoms with van der Waals surface area (Å²) in [4.78, 5) is -0.274. The van der Waals surface area contributed by atoms with Crippen LogP contribution in [0.2, 0.25) is 0 Å². The van der Waals surface area contributed by atoms with Crippen molar-refractivity contribution in [2.45, 2.75) is 17.6 Å². The van der Waals surface area contributed by atoms with Crippen molar-refractivity contribution in [1.82, 2.24) is 9.78 Å². The average molecular weight is 268 g/mol. The highest BCUT2D eigenvalue weighted by Gasteiger charge is 2.21. The van der Waals surface area contributed by atoms with E-state index in [9.17, 15) is 12.8 Å². The van der Waals surface area contributed by atoms with Crippen LogP contribution < -0.4 is 0 Å². The zero-order valence-electron chi connectivity index (χ0n) is 10.1. The Morgan fingerprint density at radius 3 is 2.56 bits per heavy atom. The van der Waals surface area contributed by atoms with E-state index in [1.807, 2.05) is 0 Å². The van der Waals surface area contributed by atoms with Gasteiger partial charge in [-0.3, -0.25) is 4.68 Å². The molecule has 1 aromatic carbocycles. The number of hydrogen-bond donors (Lipinski definition) is 0. The first-order chi connectivity index (χ1) is 8.40. The lowest BCUT2D eigenvalue weighted by Gasteiger charge is -2.05. The highest BCUT2D eigenvalue weighted by Crippen LogP contribution is 2.19. The Hall–Kier alpha value is -1.69. The van der Waals surface area contributed by atoms with Crippen molar-refractivity contribution >= 4 is 9.84 Å². The first-order valence-electron chi connectivity index (χ1n) is 5.37. The highest BCUT2D eigenvalue weighted by atomic mass is 32.2. The third-order valence-corrected chi connectivity index (χ3v) is 4.29. The van der Waals surface area contributed by atoms with Gasteiger partial charge in [0.15, 0.2) is 9.84 Å². The standard InChI is InChI=1S/C12H13FN2O2S/c1-9-7-10(15(2)14-9)8-18(16,17)12-6-4-3-5-11(12)13/h3-7H,8H2,1-2H3. The Morgan fingerprint density at radius 1 is 1.33 bits per heavy atom. The van der Waals surface area contributed by atoms with Crippen molar-refractivity contribution < 1.29 is 12.8 Å². The Labute approximate surface area is 105 Å². The summed E-state index contributed by atoms with van der Waals surface area (Å²) >= 11 is 0. The van der Waals surface area contributed by atoms with Crippen LogP contribution in [-0.4, -0.2) is 18.2 Å². The normalized spacial score (nSPS) is 11.7. The lowest BCUT2D eigenvalue weighted by molar-refractivity contribution is 0.564. The maximum atomic E-state index is 13.5. The summed E-state index contributed by atoms with van der Waals surface area (Å²) in [7, 11) is -2.02. The van der Waals surface area contributed by atoms with Gasteiger partial charge in [-0.25, -0.2) is 12.8 Å². The maximum absolute atomic E-state index is 13.5. The predicted octanol–water partition coefficient (Wildman–Crippen LogP) is 1.84. The molecule has 0 atom stereocenters. The van der Waals surface area contributed by atoms with Crippen LogP contribution in [-0.2, 0) is 22.6 Å². The number of hydrogen-bond acceptors (Lipinski definition) is 3. The molecule has 0 N–H and O–H groups in total. The smallest absolute Gasteiger partial charge is 0.186 e. The lowest BCUT2D eigenvalue weighted by Crippen LogP contribution is -2.10. The lowest BCUT2D eigenvalue weighted by atomic mass is 10.3. The Bertz CT molecular complexity index is 677. The van der Waals surface area contributed by atoms with E-state index in [-0.39, 0.29) is 10.6 Å². The highest BCUT2D eigenvalue weighted by molar-refractivity contribution is 7.90. The van der Waals surface area contributed by atoms with Gasteiger partial charge in [0.25, 0.3) is 0 Å². The van der Waals surface area contributed by atoms with Crippen molar-refractivity contribution in [3.05, 3.63) is 47.5 Å². The predicted molar refractivity (Wildman–Crippen MR) is 65.2 cm³/mol. The summed E-state index contributed by atoms with van der Waals surface area (Å²) < 4.78 is 39.2. The summed E-state index contributed by atoms with van der Waals surface area (Å²) in [5.74, 6) is -0.984. The molecule has 4 nitrogen and oxygen atoms in total. The molecule has 0 aliphatic carbocycles. The molecule has 0 amide bonds. The Balaban J connectivity index is 2.39. The molecule has 0 saturated heterocycles. The monoisotopic (exact) mass is 268 g/mol. The van der Waals surface area contributed by atoms with Crippen molar-refractivity contribution in [2.24, 2.45) is 7.05 Å². The van der Waals surface area contributed by atoms with Crippen LogP contribution in [0.4, 0.5) is 4.39 Å². The quantitative estimate of drug-likeness (QED) is 0.853. The van der Waals surface area contributed by atoms with Crippen LogP contribution in [0.25, 0.3) is 0 Å². The maximum Gasteiger partial charge on any atom is 0.186 e. The molecular weight excluding hydrogens is 255 g/mol. The molecule has 0 spiro atoms. The molecule has 0 saturated carbocycles. The number of aromatic nitrogens is 2. The van der Waals surface area contributed by atoms with Gasteiger partial charge in [-0.1, -0.05) is 12.1 Å². The van der Waals surface area contributed by atoms with Crippen molar-refractivity contribution in [2.75, 3.05) is 0 Å². The molecule has 6 heteroatoms. The zero-order valence-corrected chi connectivity index (χ0v) is 10.9. The minimum atomic E-state index is -3.69. The third kappa shape index (κ3) is 2.43. The second-order valence-corrected chi connectivity index (χ2v) is 6.05. The second kappa shape index (κ2) is 4.53. The Kier molecular flexibility index (Phi) is 3.21. The largest absolute Gasteiger partial charge is 0.271 e. The summed E-state index contributed by atoms with van der Waals surface area (Å²) in [5, 5.41) is 4.07. The molecule has 0 unspecified atom stereocenters. The fourth-order valence-electron chi connectivity index (χ4n) is 1.77. The van der Waals surface area contributed by atoms with Crippen LogP contribution in [0.3, 0.4) is 0 Å². The molecule has 2 aromatic rings. The van der Waals surface area contributed by atoms with E-state index in [1.54, 1.807) is 20.0 Å². The van der Waals surface area contributed by atoms with E-state index < -0.39 is 15.7 Å². The molecule has 0 bridgehead atoms. The van der Waals surface area contributed by atoms with Gasteiger partial charge in [-0.2, -0.15) is 5.10 Å². The molecule has 0 radical (unpaired) electrons. The van der Waals surface area contributed by atoms with Crippen molar-refractivity contribution in [1.29, 1.82) is 0 Å². The molecule has 1 aromatic heterocycles. The van der Waals surface area contributed by atoms with Gasteiger partial charge in [0.1, 0.15) is 10.7 Å². The number of nitrogens with zero attached hydrogens (tertiary/aromatic N) is 2. The minimum Gasteiger partial charge on any atom is -0.271 e. The number of sulfone groups is 1. The van der Waals surface area contributed by atoms with E-state index in [2.05, 4.69) is 5.10 Å². The molecule has 18 heavy (non-hydrogen) atoms. The fourth-order valence-corrected chi connectivity index (χ4v) is 3.23. The molecular formula is C12H13FN2O2S. The van der Waals surface area contributed by atoms with Gasteiger partial charge in [0, 0.05) is 7.05 Å². The topological polar surface area (TPSA) is 52.0 Å². The SMILES string of the molecule is Cc1cc(CS(=O)(=O)c2ccccc2F)n(C)n1. The Morgan fingerprint density at radius 2 is 2.00 bits per heavy atom. The van der Waals surface area contributed by atoms with Gasteiger partial charge in [-0.05, 0) is 25.1 Å². The molecule has 1 heterocycles. The molecule has 96 valence electrons. The first kappa shape index (κ1) is 12.8. The van der Waals surface area contributed by atoms with Crippen molar-refractivity contribution in [3.8, 4) is 0 Å². The zero-order chi connectivity index (χ0) is 13.3. The van der Waals surface area contributed by atoms with Gasteiger partial charge in [-0.15, -0.1) is 0 Å². The summed E-state index contributed by atoms with van der Waals surface area (Å²) in [5.41, 5.74) is 1.27. The van der Waals surface area contributed by atoms with Gasteiger partial charge in [0.2, 0.25) is 0 Å².